The molecule has 0 rings (SSSR count). The van der Waals surface area contributed by atoms with E-state index in [9.17, 15) is 0 Å². The predicted octanol–water partition coefficient (Wildman–Crippen LogP) is 15.0. The van der Waals surface area contributed by atoms with Gasteiger partial charge in [-0.1, -0.05) is 232 Å². The van der Waals surface area contributed by atoms with Gasteiger partial charge in [0.05, 0.1) is 13.2 Å². The Hall–Kier alpha value is -0.0800. The molecule has 0 aliphatic heterocycles. The number of rotatable bonds is 39. The molecular weight excluding hydrogens is 512 g/mol. The van der Waals surface area contributed by atoms with Crippen molar-refractivity contribution in [1.82, 2.24) is 0 Å². The summed E-state index contributed by atoms with van der Waals surface area (Å²) in [5, 5.41) is 0. The van der Waals surface area contributed by atoms with Gasteiger partial charge in [-0.3, -0.25) is 0 Å². The molecule has 0 atom stereocenters. The number of hydrogen-bond donors (Lipinski definition) is 0. The van der Waals surface area contributed by atoms with E-state index in [1.807, 2.05) is 0 Å². The topological polar surface area (TPSA) is 18.5 Å². The van der Waals surface area contributed by atoms with Crippen molar-refractivity contribution in [3.8, 4) is 0 Å². The van der Waals surface area contributed by atoms with Crippen LogP contribution in [0.25, 0.3) is 0 Å². The van der Waals surface area contributed by atoms with E-state index in [-0.39, 0.29) is 0 Å². The van der Waals surface area contributed by atoms with Crippen LogP contribution in [0.15, 0.2) is 0 Å². The van der Waals surface area contributed by atoms with E-state index in [4.69, 9.17) is 9.78 Å². The van der Waals surface area contributed by atoms with Crippen molar-refractivity contribution in [2.75, 3.05) is 13.2 Å². The van der Waals surface area contributed by atoms with Crippen LogP contribution in [0.2, 0.25) is 0 Å². The van der Waals surface area contributed by atoms with Gasteiger partial charge < -0.3 is 0 Å². The Morgan fingerprint density at radius 3 is 0.500 bits per heavy atom. The zero-order valence-corrected chi connectivity index (χ0v) is 29.7. The van der Waals surface area contributed by atoms with Gasteiger partial charge >= 0.3 is 0 Å². The second-order valence-corrected chi connectivity index (χ2v) is 13.7. The quantitative estimate of drug-likeness (QED) is 0.0400. The molecule has 2 heteroatoms. The first-order chi connectivity index (χ1) is 20.9. The van der Waals surface area contributed by atoms with Crippen molar-refractivity contribution in [3.63, 3.8) is 0 Å². The normalized spacial score (nSPS) is 11.6. The Bertz CT molecular complexity index is 397. The highest BCUT2D eigenvalue weighted by Gasteiger charge is 1.98. The highest BCUT2D eigenvalue weighted by molar-refractivity contribution is 4.52. The third-order valence-electron chi connectivity index (χ3n) is 9.25. The maximum Gasteiger partial charge on any atom is 0.0822 e. The zero-order valence-electron chi connectivity index (χ0n) is 29.7. The van der Waals surface area contributed by atoms with Crippen LogP contribution in [0.1, 0.15) is 245 Å². The Morgan fingerprint density at radius 2 is 0.333 bits per heavy atom. The molecule has 0 aliphatic rings. The van der Waals surface area contributed by atoms with Gasteiger partial charge in [-0.15, -0.1) is 0 Å². The van der Waals surface area contributed by atoms with E-state index in [0.29, 0.717) is 0 Å². The monoisotopic (exact) mass is 595 g/mol. The van der Waals surface area contributed by atoms with Crippen LogP contribution < -0.4 is 0 Å². The Kier molecular flexibility index (Phi) is 40.8. The summed E-state index contributed by atoms with van der Waals surface area (Å²) in [6.07, 6.45) is 51.1. The lowest BCUT2D eigenvalue weighted by Crippen LogP contribution is -1.99. The van der Waals surface area contributed by atoms with Gasteiger partial charge in [-0.05, 0) is 12.8 Å². The van der Waals surface area contributed by atoms with E-state index in [1.54, 1.807) is 0 Å². The fourth-order valence-electron chi connectivity index (χ4n) is 6.24. The van der Waals surface area contributed by atoms with E-state index in [1.165, 1.54) is 218 Å². The van der Waals surface area contributed by atoms with Crippen molar-refractivity contribution in [3.05, 3.63) is 0 Å². The van der Waals surface area contributed by atoms with Gasteiger partial charge in [0.15, 0.2) is 0 Å². The fourth-order valence-corrected chi connectivity index (χ4v) is 6.24. The standard InChI is InChI=1S/C40H82O2/c1-3-5-7-9-11-13-15-17-19-21-23-25-27-29-31-33-35-37-39-41-42-40-38-36-34-32-30-28-26-24-22-20-18-16-14-12-10-8-6-4-2/h3-40H2,1-2H3. The van der Waals surface area contributed by atoms with Gasteiger partial charge in [0.25, 0.3) is 0 Å². The molecular formula is C40H82O2. The van der Waals surface area contributed by atoms with Crippen molar-refractivity contribution < 1.29 is 9.78 Å². The summed E-state index contributed by atoms with van der Waals surface area (Å²) in [4.78, 5) is 10.8. The average molecular weight is 595 g/mol. The zero-order chi connectivity index (χ0) is 30.3. The van der Waals surface area contributed by atoms with E-state index < -0.39 is 0 Å². The Morgan fingerprint density at radius 1 is 0.190 bits per heavy atom. The van der Waals surface area contributed by atoms with Gasteiger partial charge in [-0.25, -0.2) is 9.78 Å². The summed E-state index contributed by atoms with van der Waals surface area (Å²) in [7, 11) is 0. The molecule has 0 aromatic heterocycles. The molecule has 0 aromatic carbocycles. The van der Waals surface area contributed by atoms with Gasteiger partial charge in [0.2, 0.25) is 0 Å². The Balaban J connectivity index is 3.02. The van der Waals surface area contributed by atoms with Gasteiger partial charge in [0, 0.05) is 0 Å². The van der Waals surface area contributed by atoms with Crippen molar-refractivity contribution in [2.45, 2.75) is 245 Å². The summed E-state index contributed by atoms with van der Waals surface area (Å²) in [5.74, 6) is 0. The van der Waals surface area contributed by atoms with E-state index in [2.05, 4.69) is 13.8 Å². The molecule has 254 valence electrons. The first kappa shape index (κ1) is 41.9. The summed E-state index contributed by atoms with van der Waals surface area (Å²) in [6.45, 7) is 6.15. The number of hydrogen-bond acceptors (Lipinski definition) is 2. The molecule has 0 fully saturated rings. The highest BCUT2D eigenvalue weighted by atomic mass is 17.2. The molecule has 0 spiro atoms. The van der Waals surface area contributed by atoms with E-state index in [0.717, 1.165) is 26.1 Å². The SMILES string of the molecule is CCCCCCCCCCCCCCCCCCCCOOCCCCCCCCCCCCCCCCCCCC. The van der Waals surface area contributed by atoms with Crippen LogP contribution in [0.3, 0.4) is 0 Å². The third-order valence-corrected chi connectivity index (χ3v) is 9.25. The van der Waals surface area contributed by atoms with Crippen LogP contribution in [-0.2, 0) is 9.78 Å². The van der Waals surface area contributed by atoms with Crippen molar-refractivity contribution in [2.24, 2.45) is 0 Å². The molecule has 0 aliphatic carbocycles. The molecule has 0 saturated heterocycles. The first-order valence-electron chi connectivity index (χ1n) is 20.2. The second-order valence-electron chi connectivity index (χ2n) is 13.7. The molecule has 0 heterocycles. The summed E-state index contributed by atoms with van der Waals surface area (Å²) >= 11 is 0. The molecule has 0 saturated carbocycles. The van der Waals surface area contributed by atoms with Gasteiger partial charge in [0.1, 0.15) is 0 Å². The summed E-state index contributed by atoms with van der Waals surface area (Å²) in [6, 6.07) is 0. The van der Waals surface area contributed by atoms with E-state index >= 15 is 0 Å². The molecule has 0 radical (unpaired) electrons. The van der Waals surface area contributed by atoms with Crippen LogP contribution in [0.4, 0.5) is 0 Å². The van der Waals surface area contributed by atoms with Crippen LogP contribution in [0.5, 0.6) is 0 Å². The second kappa shape index (κ2) is 40.9. The lowest BCUT2D eigenvalue weighted by Gasteiger charge is -2.05. The molecule has 0 unspecified atom stereocenters. The van der Waals surface area contributed by atoms with Crippen LogP contribution in [-0.4, -0.2) is 13.2 Å². The molecule has 0 amide bonds. The molecule has 0 aromatic rings. The van der Waals surface area contributed by atoms with Gasteiger partial charge in [-0.2, -0.15) is 0 Å². The third kappa shape index (κ3) is 39.9. The minimum Gasteiger partial charge on any atom is -0.237 e. The summed E-state index contributed by atoms with van der Waals surface area (Å²) in [5.41, 5.74) is 0. The lowest BCUT2D eigenvalue weighted by molar-refractivity contribution is -0.295. The smallest absolute Gasteiger partial charge is 0.0822 e. The number of unbranched alkanes of at least 4 members (excludes halogenated alkanes) is 34. The molecule has 2 nitrogen and oxygen atoms in total. The minimum atomic E-state index is 0.776. The predicted molar refractivity (Wildman–Crippen MR) is 189 cm³/mol. The molecule has 0 N–H and O–H groups in total. The van der Waals surface area contributed by atoms with Crippen molar-refractivity contribution >= 4 is 0 Å². The molecule has 42 heavy (non-hydrogen) atoms. The first-order valence-corrected chi connectivity index (χ1v) is 20.2. The largest absolute Gasteiger partial charge is 0.237 e. The maximum absolute atomic E-state index is 5.40. The fraction of sp³-hybridized carbons (Fsp3) is 1.00. The summed E-state index contributed by atoms with van der Waals surface area (Å²) < 4.78 is 0. The average Bonchev–Trinajstić information content (AvgIpc) is 3.00. The van der Waals surface area contributed by atoms with Crippen LogP contribution in [0, 0.1) is 0 Å². The maximum atomic E-state index is 5.40. The molecule has 0 bridgehead atoms. The van der Waals surface area contributed by atoms with Crippen LogP contribution >= 0.6 is 0 Å². The minimum absolute atomic E-state index is 0.776. The lowest BCUT2D eigenvalue weighted by atomic mass is 10.0. The Labute approximate surface area is 267 Å². The van der Waals surface area contributed by atoms with Crippen molar-refractivity contribution in [1.29, 1.82) is 0 Å². The highest BCUT2D eigenvalue weighted by Crippen LogP contribution is 2.16.